The third kappa shape index (κ3) is 5.60. The van der Waals surface area contributed by atoms with Gasteiger partial charge in [0.05, 0.1) is 5.69 Å². The molecule has 47 heavy (non-hydrogen) atoms. The molecule has 8 aromatic carbocycles. The van der Waals surface area contributed by atoms with E-state index in [9.17, 15) is 0 Å². The summed E-state index contributed by atoms with van der Waals surface area (Å²) in [7, 11) is 0. The average Bonchev–Trinajstić information content (AvgIpc) is 3.17. The SMILES string of the molecule is c1ccc(-c2ccc(N(c3ccc(-c4ccccc4)cc3)c3cc(-c4ccccc4)c(-c4ccccc4)c4ccccc34)cc2)cc1. The number of hydrogen-bond acceptors (Lipinski definition) is 1. The fourth-order valence-electron chi connectivity index (χ4n) is 6.60. The molecule has 0 N–H and O–H groups in total. The monoisotopic (exact) mass is 599 g/mol. The van der Waals surface area contributed by atoms with E-state index in [1.807, 2.05) is 0 Å². The predicted molar refractivity (Wildman–Crippen MR) is 200 cm³/mol. The Morgan fingerprint density at radius 2 is 0.638 bits per heavy atom. The molecule has 0 saturated heterocycles. The molecule has 0 radical (unpaired) electrons. The van der Waals surface area contributed by atoms with Crippen molar-refractivity contribution < 1.29 is 0 Å². The number of nitrogens with zero attached hydrogens (tertiary/aromatic N) is 1. The fourth-order valence-corrected chi connectivity index (χ4v) is 6.60. The van der Waals surface area contributed by atoms with E-state index >= 15 is 0 Å². The van der Waals surface area contributed by atoms with Crippen LogP contribution in [0.15, 0.2) is 200 Å². The molecule has 8 aromatic rings. The average molecular weight is 600 g/mol. The second kappa shape index (κ2) is 12.7. The highest BCUT2D eigenvalue weighted by Crippen LogP contribution is 2.47. The molecule has 1 nitrogen and oxygen atoms in total. The molecule has 0 bridgehead atoms. The van der Waals surface area contributed by atoms with Crippen LogP contribution in [-0.2, 0) is 0 Å². The van der Waals surface area contributed by atoms with E-state index in [1.54, 1.807) is 0 Å². The first-order valence-corrected chi connectivity index (χ1v) is 16.1. The van der Waals surface area contributed by atoms with E-state index in [-0.39, 0.29) is 0 Å². The van der Waals surface area contributed by atoms with Gasteiger partial charge in [-0.05, 0) is 80.2 Å². The zero-order valence-electron chi connectivity index (χ0n) is 26.0. The van der Waals surface area contributed by atoms with E-state index in [4.69, 9.17) is 0 Å². The van der Waals surface area contributed by atoms with Crippen LogP contribution >= 0.6 is 0 Å². The van der Waals surface area contributed by atoms with E-state index < -0.39 is 0 Å². The van der Waals surface area contributed by atoms with Crippen LogP contribution in [0.25, 0.3) is 55.3 Å². The molecule has 0 saturated carbocycles. The van der Waals surface area contributed by atoms with Crippen molar-refractivity contribution >= 4 is 27.8 Å². The Balaban J connectivity index is 1.37. The lowest BCUT2D eigenvalue weighted by Crippen LogP contribution is -2.11. The predicted octanol–water partition coefficient (Wildman–Crippen LogP) is 13.0. The second-order valence-electron chi connectivity index (χ2n) is 11.8. The molecule has 0 heterocycles. The zero-order chi connectivity index (χ0) is 31.4. The van der Waals surface area contributed by atoms with Crippen molar-refractivity contribution in [2.24, 2.45) is 0 Å². The van der Waals surface area contributed by atoms with Crippen molar-refractivity contribution in [1.29, 1.82) is 0 Å². The van der Waals surface area contributed by atoms with Gasteiger partial charge in [0.15, 0.2) is 0 Å². The van der Waals surface area contributed by atoms with Crippen LogP contribution in [0.2, 0.25) is 0 Å². The minimum atomic E-state index is 1.11. The van der Waals surface area contributed by atoms with Crippen LogP contribution in [0.4, 0.5) is 17.1 Å². The lowest BCUT2D eigenvalue weighted by molar-refractivity contribution is 1.30. The van der Waals surface area contributed by atoms with Crippen LogP contribution in [0.5, 0.6) is 0 Å². The van der Waals surface area contributed by atoms with Gasteiger partial charge in [-0.1, -0.05) is 170 Å². The lowest BCUT2D eigenvalue weighted by Gasteiger charge is -2.29. The van der Waals surface area contributed by atoms with Gasteiger partial charge < -0.3 is 4.90 Å². The first-order chi connectivity index (χ1) is 23.3. The van der Waals surface area contributed by atoms with Gasteiger partial charge in [0.2, 0.25) is 0 Å². The summed E-state index contributed by atoms with van der Waals surface area (Å²) in [4.78, 5) is 2.41. The molecule has 0 atom stereocenters. The Kier molecular flexibility index (Phi) is 7.63. The third-order valence-electron chi connectivity index (χ3n) is 8.88. The largest absolute Gasteiger partial charge is 0.310 e. The highest BCUT2D eigenvalue weighted by molar-refractivity contribution is 6.11. The molecule has 0 spiro atoms. The Morgan fingerprint density at radius 3 is 1.11 bits per heavy atom. The molecular weight excluding hydrogens is 567 g/mol. The molecule has 222 valence electrons. The summed E-state index contributed by atoms with van der Waals surface area (Å²) in [6.45, 7) is 0. The van der Waals surface area contributed by atoms with Crippen molar-refractivity contribution in [2.75, 3.05) is 4.90 Å². The Hall–Kier alpha value is -6.18. The summed E-state index contributed by atoms with van der Waals surface area (Å²) in [6, 6.07) is 71.8. The maximum Gasteiger partial charge on any atom is 0.0546 e. The van der Waals surface area contributed by atoms with Gasteiger partial charge in [-0.25, -0.2) is 0 Å². The molecule has 0 fully saturated rings. The maximum atomic E-state index is 2.41. The van der Waals surface area contributed by atoms with E-state index in [2.05, 4.69) is 205 Å². The molecule has 0 aliphatic rings. The third-order valence-corrected chi connectivity index (χ3v) is 8.88. The molecule has 8 rings (SSSR count). The Labute approximate surface area is 276 Å². The lowest BCUT2D eigenvalue weighted by atomic mass is 9.88. The van der Waals surface area contributed by atoms with Crippen LogP contribution in [0.3, 0.4) is 0 Å². The highest BCUT2D eigenvalue weighted by Gasteiger charge is 2.21. The second-order valence-corrected chi connectivity index (χ2v) is 11.8. The van der Waals surface area contributed by atoms with Gasteiger partial charge in [-0.2, -0.15) is 0 Å². The highest BCUT2D eigenvalue weighted by atomic mass is 15.1. The van der Waals surface area contributed by atoms with Gasteiger partial charge in [0.25, 0.3) is 0 Å². The van der Waals surface area contributed by atoms with Gasteiger partial charge in [-0.3, -0.25) is 0 Å². The van der Waals surface area contributed by atoms with Crippen molar-refractivity contribution in [3.63, 3.8) is 0 Å². The number of rotatable bonds is 7. The van der Waals surface area contributed by atoms with Gasteiger partial charge in [-0.15, -0.1) is 0 Å². The van der Waals surface area contributed by atoms with Crippen LogP contribution in [0.1, 0.15) is 0 Å². The summed E-state index contributed by atoms with van der Waals surface area (Å²) < 4.78 is 0. The number of anilines is 3. The zero-order valence-corrected chi connectivity index (χ0v) is 26.0. The van der Waals surface area contributed by atoms with Crippen LogP contribution in [-0.4, -0.2) is 0 Å². The molecule has 0 amide bonds. The smallest absolute Gasteiger partial charge is 0.0546 e. The van der Waals surface area contributed by atoms with Crippen molar-refractivity contribution in [3.8, 4) is 44.5 Å². The van der Waals surface area contributed by atoms with E-state index in [0.29, 0.717) is 0 Å². The van der Waals surface area contributed by atoms with E-state index in [0.717, 1.165) is 17.1 Å². The fraction of sp³-hybridized carbons (Fsp3) is 0. The molecular formula is C46H33N. The topological polar surface area (TPSA) is 3.24 Å². The molecule has 0 unspecified atom stereocenters. The number of hydrogen-bond donors (Lipinski definition) is 0. The van der Waals surface area contributed by atoms with E-state index in [1.165, 1.54) is 55.3 Å². The normalized spacial score (nSPS) is 11.0. The summed E-state index contributed by atoms with van der Waals surface area (Å²) in [6.07, 6.45) is 0. The number of fused-ring (bicyclic) bond motifs is 1. The maximum absolute atomic E-state index is 2.41. The quantitative estimate of drug-likeness (QED) is 0.176. The van der Waals surface area contributed by atoms with Crippen LogP contribution in [0, 0.1) is 0 Å². The molecule has 0 aliphatic heterocycles. The standard InChI is InChI=1S/C46H33N/c1-5-15-34(16-6-1)36-25-29-40(30-26-36)47(41-31-27-37(28-32-41)35-17-7-2-8-18-35)45-33-44(38-19-9-3-10-20-38)46(39-21-11-4-12-22-39)43-24-14-13-23-42(43)45/h1-33H. The molecule has 1 heteroatoms. The van der Waals surface area contributed by atoms with Gasteiger partial charge in [0.1, 0.15) is 0 Å². The first kappa shape index (κ1) is 28.3. The van der Waals surface area contributed by atoms with Crippen molar-refractivity contribution in [1.82, 2.24) is 0 Å². The summed E-state index contributed by atoms with van der Waals surface area (Å²) in [5, 5.41) is 2.42. The molecule has 0 aromatic heterocycles. The van der Waals surface area contributed by atoms with Gasteiger partial charge >= 0.3 is 0 Å². The first-order valence-electron chi connectivity index (χ1n) is 16.1. The van der Waals surface area contributed by atoms with Crippen LogP contribution < -0.4 is 4.90 Å². The van der Waals surface area contributed by atoms with Crippen molar-refractivity contribution in [3.05, 3.63) is 200 Å². The Bertz CT molecular complexity index is 2160. The minimum Gasteiger partial charge on any atom is -0.310 e. The summed E-state index contributed by atoms with van der Waals surface area (Å²) in [5.41, 5.74) is 13.0. The summed E-state index contributed by atoms with van der Waals surface area (Å²) in [5.74, 6) is 0. The number of benzene rings is 8. The summed E-state index contributed by atoms with van der Waals surface area (Å²) >= 11 is 0. The van der Waals surface area contributed by atoms with Gasteiger partial charge in [0, 0.05) is 16.8 Å². The minimum absolute atomic E-state index is 1.11. The van der Waals surface area contributed by atoms with Crippen molar-refractivity contribution in [2.45, 2.75) is 0 Å². The Morgan fingerprint density at radius 1 is 0.277 bits per heavy atom. The molecule has 0 aliphatic carbocycles.